The maximum absolute atomic E-state index is 12.4. The highest BCUT2D eigenvalue weighted by Gasteiger charge is 2.15. The molecule has 0 saturated heterocycles. The van der Waals surface area contributed by atoms with Gasteiger partial charge in [0.1, 0.15) is 17.3 Å². The molecular weight excluding hydrogens is 232 g/mol. The predicted octanol–water partition coefficient (Wildman–Crippen LogP) is 0.228. The number of nitrogens with one attached hydrogen (secondary N) is 1. The summed E-state index contributed by atoms with van der Waals surface area (Å²) in [5.41, 5.74) is 6.25. The standard InChI is InChI=1S/C11H12N6O/c1-7(12)10-14-8-3-2-6-16(8)11(18)17(10)9-4-5-13-15-9/h2-7H,12H2,1H3,(H,13,15). The van der Waals surface area contributed by atoms with Gasteiger partial charge in [-0.1, -0.05) is 0 Å². The number of rotatable bonds is 2. The summed E-state index contributed by atoms with van der Waals surface area (Å²) in [6.07, 6.45) is 3.25. The molecule has 0 aliphatic heterocycles. The van der Waals surface area contributed by atoms with Crippen LogP contribution in [0.5, 0.6) is 0 Å². The molecule has 0 aromatic carbocycles. The minimum absolute atomic E-state index is 0.221. The van der Waals surface area contributed by atoms with Gasteiger partial charge in [0.2, 0.25) is 0 Å². The van der Waals surface area contributed by atoms with Gasteiger partial charge < -0.3 is 5.73 Å². The molecule has 1 atom stereocenters. The Morgan fingerprint density at radius 1 is 1.44 bits per heavy atom. The van der Waals surface area contributed by atoms with Crippen molar-refractivity contribution in [2.75, 3.05) is 0 Å². The molecule has 0 aliphatic carbocycles. The summed E-state index contributed by atoms with van der Waals surface area (Å²) in [4.78, 5) is 16.8. The number of aromatic nitrogens is 5. The van der Waals surface area contributed by atoms with Gasteiger partial charge in [0, 0.05) is 12.3 Å². The Bertz CT molecular complexity index is 737. The van der Waals surface area contributed by atoms with Crippen LogP contribution in [0.3, 0.4) is 0 Å². The van der Waals surface area contributed by atoms with Crippen LogP contribution in [-0.2, 0) is 0 Å². The van der Waals surface area contributed by atoms with Crippen molar-refractivity contribution in [2.24, 2.45) is 5.73 Å². The minimum Gasteiger partial charge on any atom is -0.322 e. The summed E-state index contributed by atoms with van der Waals surface area (Å²) >= 11 is 0. The van der Waals surface area contributed by atoms with Gasteiger partial charge in [0.05, 0.1) is 12.2 Å². The predicted molar refractivity (Wildman–Crippen MR) is 65.5 cm³/mol. The quantitative estimate of drug-likeness (QED) is 0.674. The largest absolute Gasteiger partial charge is 0.341 e. The van der Waals surface area contributed by atoms with E-state index in [9.17, 15) is 4.79 Å². The third-order valence-electron chi connectivity index (χ3n) is 2.72. The van der Waals surface area contributed by atoms with Crippen molar-refractivity contribution < 1.29 is 0 Å². The highest BCUT2D eigenvalue weighted by Crippen LogP contribution is 2.11. The summed E-state index contributed by atoms with van der Waals surface area (Å²) in [7, 11) is 0. The van der Waals surface area contributed by atoms with Crippen LogP contribution in [-0.4, -0.2) is 24.1 Å². The molecule has 0 radical (unpaired) electrons. The second-order valence-corrected chi connectivity index (χ2v) is 4.05. The van der Waals surface area contributed by atoms with Gasteiger partial charge in [-0.15, -0.1) is 0 Å². The molecule has 3 rings (SSSR count). The zero-order valence-corrected chi connectivity index (χ0v) is 9.74. The van der Waals surface area contributed by atoms with Crippen molar-refractivity contribution in [3.63, 3.8) is 0 Å². The molecule has 1 unspecified atom stereocenters. The van der Waals surface area contributed by atoms with Crippen molar-refractivity contribution in [3.8, 4) is 5.82 Å². The lowest BCUT2D eigenvalue weighted by molar-refractivity contribution is 0.659. The molecule has 7 nitrogen and oxygen atoms in total. The van der Waals surface area contributed by atoms with E-state index in [0.29, 0.717) is 17.3 Å². The fourth-order valence-electron chi connectivity index (χ4n) is 1.90. The molecule has 7 heteroatoms. The Kier molecular flexibility index (Phi) is 2.27. The van der Waals surface area contributed by atoms with E-state index in [1.165, 1.54) is 8.97 Å². The maximum atomic E-state index is 12.4. The lowest BCUT2D eigenvalue weighted by Crippen LogP contribution is -2.31. The topological polar surface area (TPSA) is 94.0 Å². The number of nitrogens with zero attached hydrogens (tertiary/aromatic N) is 4. The molecule has 3 aromatic heterocycles. The second-order valence-electron chi connectivity index (χ2n) is 4.05. The average molecular weight is 244 g/mol. The van der Waals surface area contributed by atoms with Crippen LogP contribution in [0, 0.1) is 0 Å². The Morgan fingerprint density at radius 3 is 2.94 bits per heavy atom. The molecule has 92 valence electrons. The molecule has 18 heavy (non-hydrogen) atoms. The van der Waals surface area contributed by atoms with E-state index >= 15 is 0 Å². The minimum atomic E-state index is -0.360. The van der Waals surface area contributed by atoms with Crippen molar-refractivity contribution >= 4 is 5.65 Å². The summed E-state index contributed by atoms with van der Waals surface area (Å²) in [6, 6.07) is 4.88. The SMILES string of the molecule is CC(N)c1nc2cccn2c(=O)n1-c1ccn[nH]1. The van der Waals surface area contributed by atoms with E-state index in [1.807, 2.05) is 0 Å². The van der Waals surface area contributed by atoms with Crippen molar-refractivity contribution in [1.29, 1.82) is 0 Å². The van der Waals surface area contributed by atoms with E-state index in [-0.39, 0.29) is 11.7 Å². The summed E-state index contributed by atoms with van der Waals surface area (Å²) in [6.45, 7) is 1.79. The lowest BCUT2D eigenvalue weighted by Gasteiger charge is -2.13. The second kappa shape index (κ2) is 3.81. The van der Waals surface area contributed by atoms with Crippen LogP contribution in [0.25, 0.3) is 11.5 Å². The van der Waals surface area contributed by atoms with E-state index in [2.05, 4.69) is 15.2 Å². The van der Waals surface area contributed by atoms with Gasteiger partial charge in [-0.3, -0.25) is 9.50 Å². The van der Waals surface area contributed by atoms with Crippen molar-refractivity contribution in [1.82, 2.24) is 24.1 Å². The van der Waals surface area contributed by atoms with Crippen LogP contribution in [0.2, 0.25) is 0 Å². The van der Waals surface area contributed by atoms with Gasteiger partial charge in [-0.05, 0) is 19.1 Å². The molecule has 0 bridgehead atoms. The molecule has 0 saturated carbocycles. The summed E-state index contributed by atoms with van der Waals surface area (Å²) in [5.74, 6) is 1.05. The van der Waals surface area contributed by atoms with E-state index in [4.69, 9.17) is 5.73 Å². The maximum Gasteiger partial charge on any atom is 0.341 e. The number of nitrogens with two attached hydrogens (primary N) is 1. The van der Waals surface area contributed by atoms with Crippen LogP contribution < -0.4 is 11.4 Å². The van der Waals surface area contributed by atoms with E-state index in [0.717, 1.165) is 0 Å². The van der Waals surface area contributed by atoms with Gasteiger partial charge in [0.25, 0.3) is 0 Å². The first-order chi connectivity index (χ1) is 8.68. The van der Waals surface area contributed by atoms with Crippen LogP contribution in [0.15, 0.2) is 35.4 Å². The van der Waals surface area contributed by atoms with E-state index in [1.54, 1.807) is 37.5 Å². The smallest absolute Gasteiger partial charge is 0.322 e. The normalized spacial score (nSPS) is 13.0. The van der Waals surface area contributed by atoms with Crippen molar-refractivity contribution in [3.05, 3.63) is 46.9 Å². The van der Waals surface area contributed by atoms with Gasteiger partial charge in [-0.2, -0.15) is 5.10 Å². The molecule has 0 amide bonds. The first-order valence-corrected chi connectivity index (χ1v) is 5.54. The fraction of sp³-hybridized carbons (Fsp3) is 0.182. The molecule has 3 N–H and O–H groups in total. The number of fused-ring (bicyclic) bond motifs is 1. The molecule has 0 aliphatic rings. The Morgan fingerprint density at radius 2 is 2.28 bits per heavy atom. The Hall–Kier alpha value is -2.41. The van der Waals surface area contributed by atoms with Crippen LogP contribution >= 0.6 is 0 Å². The summed E-state index contributed by atoms with van der Waals surface area (Å²) < 4.78 is 2.90. The van der Waals surface area contributed by atoms with Gasteiger partial charge >= 0.3 is 5.69 Å². The van der Waals surface area contributed by atoms with Crippen LogP contribution in [0.4, 0.5) is 0 Å². The third-order valence-corrected chi connectivity index (χ3v) is 2.72. The summed E-state index contributed by atoms with van der Waals surface area (Å²) in [5, 5.41) is 6.60. The van der Waals surface area contributed by atoms with E-state index < -0.39 is 0 Å². The zero-order valence-electron chi connectivity index (χ0n) is 9.74. The van der Waals surface area contributed by atoms with Crippen LogP contribution in [0.1, 0.15) is 18.8 Å². The first-order valence-electron chi connectivity index (χ1n) is 5.54. The first kappa shape index (κ1) is 10.7. The molecule has 0 fully saturated rings. The molecule has 3 aromatic rings. The number of H-pyrrole nitrogens is 1. The molecule has 3 heterocycles. The lowest BCUT2D eigenvalue weighted by atomic mass is 10.3. The highest BCUT2D eigenvalue weighted by atomic mass is 16.1. The molecule has 0 spiro atoms. The highest BCUT2D eigenvalue weighted by molar-refractivity contribution is 5.39. The van der Waals surface area contributed by atoms with Gasteiger partial charge in [0.15, 0.2) is 0 Å². The Labute approximate surface area is 102 Å². The molecular formula is C11H12N6O. The van der Waals surface area contributed by atoms with Gasteiger partial charge in [-0.25, -0.2) is 14.3 Å². The average Bonchev–Trinajstić information content (AvgIpc) is 2.98. The van der Waals surface area contributed by atoms with Crippen molar-refractivity contribution in [2.45, 2.75) is 13.0 Å². The number of aromatic amines is 1. The Balaban J connectivity index is 2.43. The fourth-order valence-corrected chi connectivity index (χ4v) is 1.90. The third kappa shape index (κ3) is 1.45. The monoisotopic (exact) mass is 244 g/mol. The number of hydrogen-bond acceptors (Lipinski definition) is 4. The zero-order chi connectivity index (χ0) is 12.7. The number of hydrogen-bond donors (Lipinski definition) is 2.